The molecule has 0 saturated heterocycles. The molecule has 1 saturated carbocycles. The fraction of sp³-hybridized carbons (Fsp3) is 0.667. The van der Waals surface area contributed by atoms with Gasteiger partial charge in [0.2, 0.25) is 0 Å². The average molecular weight is 169 g/mol. The predicted molar refractivity (Wildman–Crippen MR) is 47.6 cm³/mol. The number of oxime groups is 1. The Morgan fingerprint density at radius 3 is 3.17 bits per heavy atom. The van der Waals surface area contributed by atoms with Crippen molar-refractivity contribution in [3.8, 4) is 0 Å². The summed E-state index contributed by atoms with van der Waals surface area (Å²) >= 11 is 0. The van der Waals surface area contributed by atoms with Crippen LogP contribution in [0.1, 0.15) is 25.7 Å². The molecule has 1 atom stereocenters. The van der Waals surface area contributed by atoms with Crippen LogP contribution >= 0.6 is 0 Å². The molecule has 0 bridgehead atoms. The van der Waals surface area contributed by atoms with Gasteiger partial charge in [0.15, 0.2) is 0 Å². The minimum absolute atomic E-state index is 0.0155. The largest absolute Gasteiger partial charge is 0.411 e. The van der Waals surface area contributed by atoms with Crippen molar-refractivity contribution in [1.29, 1.82) is 0 Å². The molecule has 3 heteroatoms. The van der Waals surface area contributed by atoms with Crippen LogP contribution in [0.5, 0.6) is 0 Å². The Bertz CT molecular complexity index is 177. The summed E-state index contributed by atoms with van der Waals surface area (Å²) in [6, 6.07) is 0. The van der Waals surface area contributed by atoms with Crippen molar-refractivity contribution in [3.63, 3.8) is 0 Å². The average Bonchev–Trinajstić information content (AvgIpc) is 2.15. The van der Waals surface area contributed by atoms with Crippen LogP contribution in [0.3, 0.4) is 0 Å². The summed E-state index contributed by atoms with van der Waals surface area (Å²) in [4.78, 5) is 0. The summed E-state index contributed by atoms with van der Waals surface area (Å²) in [7, 11) is 0. The van der Waals surface area contributed by atoms with Crippen molar-refractivity contribution in [3.05, 3.63) is 12.7 Å². The minimum Gasteiger partial charge on any atom is -0.411 e. The van der Waals surface area contributed by atoms with E-state index in [4.69, 9.17) is 9.94 Å². The number of nitrogens with zero attached hydrogens (tertiary/aromatic N) is 1. The van der Waals surface area contributed by atoms with E-state index in [0.717, 1.165) is 31.4 Å². The molecular weight excluding hydrogens is 154 g/mol. The van der Waals surface area contributed by atoms with E-state index < -0.39 is 0 Å². The van der Waals surface area contributed by atoms with E-state index in [0.29, 0.717) is 6.61 Å². The third kappa shape index (κ3) is 2.34. The molecule has 1 aliphatic rings. The van der Waals surface area contributed by atoms with E-state index in [-0.39, 0.29) is 6.10 Å². The normalized spacial score (nSPS) is 27.3. The molecule has 3 nitrogen and oxygen atoms in total. The van der Waals surface area contributed by atoms with Gasteiger partial charge in [0, 0.05) is 0 Å². The molecular formula is C9H15NO2. The zero-order chi connectivity index (χ0) is 8.81. The summed E-state index contributed by atoms with van der Waals surface area (Å²) in [5.74, 6) is 0. The lowest BCUT2D eigenvalue weighted by atomic mass is 9.95. The monoisotopic (exact) mass is 169 g/mol. The fourth-order valence-electron chi connectivity index (χ4n) is 1.44. The molecule has 12 heavy (non-hydrogen) atoms. The zero-order valence-corrected chi connectivity index (χ0v) is 7.20. The number of rotatable bonds is 3. The van der Waals surface area contributed by atoms with Gasteiger partial charge >= 0.3 is 0 Å². The maximum atomic E-state index is 8.64. The predicted octanol–water partition coefficient (Wildman–Crippen LogP) is 1.96. The highest BCUT2D eigenvalue weighted by molar-refractivity contribution is 5.88. The Kier molecular flexibility index (Phi) is 3.80. The van der Waals surface area contributed by atoms with Crippen molar-refractivity contribution in [2.45, 2.75) is 31.8 Å². The quantitative estimate of drug-likeness (QED) is 0.398. The van der Waals surface area contributed by atoms with Crippen molar-refractivity contribution in [1.82, 2.24) is 0 Å². The molecule has 0 heterocycles. The lowest BCUT2D eigenvalue weighted by Crippen LogP contribution is -2.28. The van der Waals surface area contributed by atoms with E-state index in [1.54, 1.807) is 6.08 Å². The molecule has 68 valence electrons. The number of hydrogen-bond acceptors (Lipinski definition) is 3. The van der Waals surface area contributed by atoms with Gasteiger partial charge in [0.05, 0.1) is 18.4 Å². The van der Waals surface area contributed by atoms with Crippen LogP contribution in [-0.2, 0) is 4.74 Å². The molecule has 0 spiro atoms. The first-order valence-corrected chi connectivity index (χ1v) is 4.31. The molecule has 0 amide bonds. The van der Waals surface area contributed by atoms with Gasteiger partial charge in [-0.3, -0.25) is 0 Å². The smallest absolute Gasteiger partial charge is 0.0993 e. The van der Waals surface area contributed by atoms with Gasteiger partial charge in [-0.25, -0.2) is 0 Å². The number of hydrogen-bond donors (Lipinski definition) is 1. The fourth-order valence-corrected chi connectivity index (χ4v) is 1.44. The van der Waals surface area contributed by atoms with Crippen LogP contribution in [0.25, 0.3) is 0 Å². The summed E-state index contributed by atoms with van der Waals surface area (Å²) in [6.45, 7) is 4.10. The minimum atomic E-state index is 0.0155. The summed E-state index contributed by atoms with van der Waals surface area (Å²) in [5, 5.41) is 11.9. The second kappa shape index (κ2) is 4.93. The van der Waals surface area contributed by atoms with Gasteiger partial charge in [-0.1, -0.05) is 17.7 Å². The third-order valence-electron chi connectivity index (χ3n) is 2.06. The highest BCUT2D eigenvalue weighted by atomic mass is 16.5. The standard InChI is InChI=1S/C9H15NO2/c1-2-7-12-9-6-4-3-5-8(9)10-11/h2,9,11H,1,3-7H2/b10-8+. The van der Waals surface area contributed by atoms with Crippen molar-refractivity contribution < 1.29 is 9.94 Å². The Morgan fingerprint density at radius 1 is 1.67 bits per heavy atom. The van der Waals surface area contributed by atoms with Crippen molar-refractivity contribution >= 4 is 5.71 Å². The second-order valence-electron chi connectivity index (χ2n) is 2.95. The van der Waals surface area contributed by atoms with Crippen molar-refractivity contribution in [2.75, 3.05) is 6.61 Å². The highest BCUT2D eigenvalue weighted by Crippen LogP contribution is 2.18. The lowest BCUT2D eigenvalue weighted by Gasteiger charge is -2.22. The Morgan fingerprint density at radius 2 is 2.50 bits per heavy atom. The third-order valence-corrected chi connectivity index (χ3v) is 2.06. The molecule has 0 aromatic rings. The molecule has 1 unspecified atom stereocenters. The van der Waals surface area contributed by atoms with Crippen LogP contribution in [0, 0.1) is 0 Å². The molecule has 0 aromatic heterocycles. The second-order valence-corrected chi connectivity index (χ2v) is 2.95. The van der Waals surface area contributed by atoms with Crippen LogP contribution in [0.2, 0.25) is 0 Å². The summed E-state index contributed by atoms with van der Waals surface area (Å²) in [6.07, 6.45) is 5.81. The van der Waals surface area contributed by atoms with Gasteiger partial charge in [-0.05, 0) is 19.3 Å². The van der Waals surface area contributed by atoms with E-state index in [1.165, 1.54) is 0 Å². The van der Waals surface area contributed by atoms with Crippen LogP contribution in [0.15, 0.2) is 17.8 Å². The number of ether oxygens (including phenoxy) is 1. The van der Waals surface area contributed by atoms with E-state index in [9.17, 15) is 0 Å². The van der Waals surface area contributed by atoms with Gasteiger partial charge in [-0.2, -0.15) is 0 Å². The topological polar surface area (TPSA) is 41.8 Å². The molecule has 1 rings (SSSR count). The molecule has 1 aliphatic carbocycles. The summed E-state index contributed by atoms with van der Waals surface area (Å²) < 4.78 is 5.43. The van der Waals surface area contributed by atoms with E-state index in [2.05, 4.69) is 11.7 Å². The Labute approximate surface area is 72.7 Å². The van der Waals surface area contributed by atoms with Crippen LogP contribution < -0.4 is 0 Å². The van der Waals surface area contributed by atoms with Crippen LogP contribution in [-0.4, -0.2) is 23.6 Å². The highest BCUT2D eigenvalue weighted by Gasteiger charge is 2.20. The maximum Gasteiger partial charge on any atom is 0.0993 e. The zero-order valence-electron chi connectivity index (χ0n) is 7.20. The first-order valence-electron chi connectivity index (χ1n) is 4.31. The first kappa shape index (κ1) is 9.26. The summed E-state index contributed by atoms with van der Waals surface area (Å²) in [5.41, 5.74) is 0.781. The van der Waals surface area contributed by atoms with Gasteiger partial charge < -0.3 is 9.94 Å². The van der Waals surface area contributed by atoms with Crippen molar-refractivity contribution in [2.24, 2.45) is 5.16 Å². The Balaban J connectivity index is 2.42. The molecule has 0 aliphatic heterocycles. The van der Waals surface area contributed by atoms with Crippen LogP contribution in [0.4, 0.5) is 0 Å². The van der Waals surface area contributed by atoms with Gasteiger partial charge in [0.1, 0.15) is 0 Å². The Hall–Kier alpha value is -0.830. The van der Waals surface area contributed by atoms with Gasteiger partial charge in [0.25, 0.3) is 0 Å². The molecule has 1 fully saturated rings. The van der Waals surface area contributed by atoms with E-state index in [1.807, 2.05) is 0 Å². The molecule has 1 N–H and O–H groups in total. The SMILES string of the molecule is C=CCOC1CCCC/C1=N\O. The molecule has 0 radical (unpaired) electrons. The lowest BCUT2D eigenvalue weighted by molar-refractivity contribution is 0.104. The maximum absolute atomic E-state index is 8.64. The first-order chi connectivity index (χ1) is 5.88. The molecule has 0 aromatic carbocycles. The van der Waals surface area contributed by atoms with E-state index >= 15 is 0 Å². The van der Waals surface area contributed by atoms with Gasteiger partial charge in [-0.15, -0.1) is 6.58 Å².